The van der Waals surface area contributed by atoms with Crippen LogP contribution in [0.4, 0.5) is 0 Å². The monoisotopic (exact) mass is 215 g/mol. The van der Waals surface area contributed by atoms with Crippen LogP contribution in [0.5, 0.6) is 0 Å². The van der Waals surface area contributed by atoms with Crippen LogP contribution in [0.2, 0.25) is 0 Å². The van der Waals surface area contributed by atoms with E-state index in [1.807, 2.05) is 0 Å². The molecule has 0 aromatic rings. The number of ether oxygens (including phenoxy) is 1. The summed E-state index contributed by atoms with van der Waals surface area (Å²) in [6.07, 6.45) is 6.13. The molecule has 3 heteroatoms. The van der Waals surface area contributed by atoms with Crippen molar-refractivity contribution >= 4 is 0 Å². The molecule has 3 nitrogen and oxygen atoms in total. The van der Waals surface area contributed by atoms with Crippen LogP contribution in [-0.2, 0) is 4.74 Å². The van der Waals surface area contributed by atoms with Crippen molar-refractivity contribution in [3.8, 4) is 0 Å². The molecule has 1 aliphatic carbocycles. The summed E-state index contributed by atoms with van der Waals surface area (Å²) < 4.78 is 5.04. The van der Waals surface area contributed by atoms with Crippen LogP contribution in [-0.4, -0.2) is 37.5 Å². The number of aliphatic hydroxyl groups excluding tert-OH is 1. The van der Waals surface area contributed by atoms with Crippen molar-refractivity contribution in [2.24, 2.45) is 5.92 Å². The van der Waals surface area contributed by atoms with Gasteiger partial charge in [-0.2, -0.15) is 0 Å². The Bertz CT molecular complexity index is 158. The van der Waals surface area contributed by atoms with Crippen LogP contribution in [0.1, 0.15) is 39.0 Å². The molecule has 0 aromatic heterocycles. The van der Waals surface area contributed by atoms with Gasteiger partial charge in [0.1, 0.15) is 0 Å². The average molecular weight is 215 g/mol. The van der Waals surface area contributed by atoms with Gasteiger partial charge in [0.05, 0.1) is 12.7 Å². The molecule has 0 bridgehead atoms. The molecule has 2 atom stereocenters. The summed E-state index contributed by atoms with van der Waals surface area (Å²) in [5.74, 6) is 0.515. The zero-order chi connectivity index (χ0) is 11.1. The Morgan fingerprint density at radius 2 is 2.00 bits per heavy atom. The van der Waals surface area contributed by atoms with Crippen molar-refractivity contribution in [1.29, 1.82) is 0 Å². The van der Waals surface area contributed by atoms with Crippen LogP contribution in [0, 0.1) is 5.92 Å². The van der Waals surface area contributed by atoms with Gasteiger partial charge in [0.25, 0.3) is 0 Å². The van der Waals surface area contributed by atoms with Crippen LogP contribution in [0.3, 0.4) is 0 Å². The zero-order valence-corrected chi connectivity index (χ0v) is 10.0. The van der Waals surface area contributed by atoms with Gasteiger partial charge >= 0.3 is 0 Å². The molecule has 1 aliphatic rings. The molecule has 1 rings (SSSR count). The molecule has 2 unspecified atom stereocenters. The molecule has 0 aliphatic heterocycles. The Kier molecular flexibility index (Phi) is 6.22. The van der Waals surface area contributed by atoms with Gasteiger partial charge in [0.15, 0.2) is 0 Å². The predicted octanol–water partition coefficient (Wildman–Crippen LogP) is 1.55. The van der Waals surface area contributed by atoms with Crippen molar-refractivity contribution in [1.82, 2.24) is 5.32 Å². The fraction of sp³-hybridized carbons (Fsp3) is 1.00. The number of rotatable bonds is 6. The Balaban J connectivity index is 2.13. The third-order valence-corrected chi connectivity index (χ3v) is 3.29. The van der Waals surface area contributed by atoms with E-state index in [2.05, 4.69) is 12.2 Å². The van der Waals surface area contributed by atoms with Gasteiger partial charge < -0.3 is 15.2 Å². The minimum Gasteiger partial charge on any atom is -0.392 e. The van der Waals surface area contributed by atoms with E-state index < -0.39 is 0 Å². The number of hydrogen-bond acceptors (Lipinski definition) is 3. The molecule has 15 heavy (non-hydrogen) atoms. The zero-order valence-electron chi connectivity index (χ0n) is 10.0. The van der Waals surface area contributed by atoms with Gasteiger partial charge in [-0.05, 0) is 25.7 Å². The van der Waals surface area contributed by atoms with Crippen LogP contribution >= 0.6 is 0 Å². The molecular weight excluding hydrogens is 190 g/mol. The second-order valence-electron chi connectivity index (χ2n) is 4.73. The lowest BCUT2D eigenvalue weighted by Crippen LogP contribution is -2.39. The summed E-state index contributed by atoms with van der Waals surface area (Å²) in [4.78, 5) is 0. The van der Waals surface area contributed by atoms with Gasteiger partial charge in [0.2, 0.25) is 0 Å². The summed E-state index contributed by atoms with van der Waals surface area (Å²) in [5.41, 5.74) is 0. The molecule has 0 saturated heterocycles. The normalized spacial score (nSPS) is 22.6. The maximum Gasteiger partial charge on any atom is 0.0692 e. The SMILES string of the molecule is COCC(C)NCC(O)C1CCCCC1. The number of methoxy groups -OCH3 is 1. The molecule has 1 fully saturated rings. The van der Waals surface area contributed by atoms with E-state index in [1.54, 1.807) is 7.11 Å². The molecule has 0 radical (unpaired) electrons. The van der Waals surface area contributed by atoms with E-state index >= 15 is 0 Å². The fourth-order valence-corrected chi connectivity index (χ4v) is 2.32. The van der Waals surface area contributed by atoms with Crippen molar-refractivity contribution in [3.63, 3.8) is 0 Å². The molecule has 90 valence electrons. The highest BCUT2D eigenvalue weighted by atomic mass is 16.5. The van der Waals surface area contributed by atoms with Crippen LogP contribution in [0.25, 0.3) is 0 Å². The Morgan fingerprint density at radius 1 is 1.33 bits per heavy atom. The lowest BCUT2D eigenvalue weighted by Gasteiger charge is -2.27. The minimum absolute atomic E-state index is 0.176. The first-order valence-corrected chi connectivity index (χ1v) is 6.14. The molecule has 2 N–H and O–H groups in total. The quantitative estimate of drug-likeness (QED) is 0.706. The third kappa shape index (κ3) is 4.96. The van der Waals surface area contributed by atoms with Gasteiger partial charge in [-0.1, -0.05) is 19.3 Å². The van der Waals surface area contributed by atoms with E-state index in [9.17, 15) is 5.11 Å². The number of hydrogen-bond donors (Lipinski definition) is 2. The van der Waals surface area contributed by atoms with Crippen LogP contribution < -0.4 is 5.32 Å². The summed E-state index contributed by atoms with van der Waals surface area (Å²) in [6.45, 7) is 3.49. The van der Waals surface area contributed by atoms with Gasteiger partial charge in [-0.3, -0.25) is 0 Å². The topological polar surface area (TPSA) is 41.5 Å². The molecule has 0 heterocycles. The molecule has 1 saturated carbocycles. The maximum atomic E-state index is 9.99. The average Bonchev–Trinajstić information content (AvgIpc) is 2.27. The predicted molar refractivity (Wildman–Crippen MR) is 61.9 cm³/mol. The molecule has 0 amide bonds. The first kappa shape index (κ1) is 12.9. The van der Waals surface area contributed by atoms with E-state index in [1.165, 1.54) is 32.1 Å². The second kappa shape index (κ2) is 7.20. The second-order valence-corrected chi connectivity index (χ2v) is 4.73. The number of aliphatic hydroxyl groups is 1. The van der Waals surface area contributed by atoms with Crippen molar-refractivity contribution in [2.75, 3.05) is 20.3 Å². The van der Waals surface area contributed by atoms with E-state index in [-0.39, 0.29) is 6.10 Å². The first-order valence-electron chi connectivity index (χ1n) is 6.14. The fourth-order valence-electron chi connectivity index (χ4n) is 2.32. The standard InChI is InChI=1S/C12H25NO2/c1-10(9-15-2)13-8-12(14)11-6-4-3-5-7-11/h10-14H,3-9H2,1-2H3. The van der Waals surface area contributed by atoms with Crippen molar-refractivity contribution in [3.05, 3.63) is 0 Å². The largest absolute Gasteiger partial charge is 0.392 e. The summed E-state index contributed by atoms with van der Waals surface area (Å²) in [6, 6.07) is 0.327. The molecule has 0 spiro atoms. The Morgan fingerprint density at radius 3 is 2.60 bits per heavy atom. The highest BCUT2D eigenvalue weighted by molar-refractivity contribution is 4.75. The Hall–Kier alpha value is -0.120. The lowest BCUT2D eigenvalue weighted by molar-refractivity contribution is 0.0769. The minimum atomic E-state index is -0.176. The van der Waals surface area contributed by atoms with E-state index in [0.717, 1.165) is 0 Å². The Labute approximate surface area is 93.2 Å². The summed E-state index contributed by atoms with van der Waals surface area (Å²) >= 11 is 0. The van der Waals surface area contributed by atoms with Gasteiger partial charge in [0, 0.05) is 19.7 Å². The van der Waals surface area contributed by atoms with Crippen molar-refractivity contribution in [2.45, 2.75) is 51.2 Å². The van der Waals surface area contributed by atoms with Gasteiger partial charge in [-0.15, -0.1) is 0 Å². The summed E-state index contributed by atoms with van der Waals surface area (Å²) in [5, 5.41) is 13.3. The maximum absolute atomic E-state index is 9.99. The van der Waals surface area contributed by atoms with E-state index in [4.69, 9.17) is 4.74 Å². The smallest absolute Gasteiger partial charge is 0.0692 e. The highest BCUT2D eigenvalue weighted by Gasteiger charge is 2.21. The van der Waals surface area contributed by atoms with Crippen molar-refractivity contribution < 1.29 is 9.84 Å². The molecular formula is C12H25NO2. The van der Waals surface area contributed by atoms with Gasteiger partial charge in [-0.25, -0.2) is 0 Å². The highest BCUT2D eigenvalue weighted by Crippen LogP contribution is 2.26. The summed E-state index contributed by atoms with van der Waals surface area (Å²) in [7, 11) is 1.70. The van der Waals surface area contributed by atoms with E-state index in [0.29, 0.717) is 25.1 Å². The number of nitrogens with one attached hydrogen (secondary N) is 1. The lowest BCUT2D eigenvalue weighted by atomic mass is 9.85. The molecule has 0 aromatic carbocycles. The van der Waals surface area contributed by atoms with Crippen LogP contribution in [0.15, 0.2) is 0 Å². The first-order chi connectivity index (χ1) is 7.24. The third-order valence-electron chi connectivity index (χ3n) is 3.29.